The Bertz CT molecular complexity index is 452. The van der Waals surface area contributed by atoms with Gasteiger partial charge in [-0.25, -0.2) is 9.97 Å². The van der Waals surface area contributed by atoms with Crippen LogP contribution in [0.1, 0.15) is 25.0 Å². The average Bonchev–Trinajstić information content (AvgIpc) is 2.69. The first-order valence-corrected chi connectivity index (χ1v) is 6.09. The van der Waals surface area contributed by atoms with Gasteiger partial charge in [-0.05, 0) is 25.3 Å². The second-order valence-electron chi connectivity index (χ2n) is 4.73. The van der Waals surface area contributed by atoms with Gasteiger partial charge >= 0.3 is 0 Å². The Morgan fingerprint density at radius 3 is 3.12 bits per heavy atom. The van der Waals surface area contributed by atoms with Crippen molar-refractivity contribution in [3.63, 3.8) is 0 Å². The van der Waals surface area contributed by atoms with Crippen LogP contribution in [0.2, 0.25) is 0 Å². The Balaban J connectivity index is 1.81. The molecule has 0 radical (unpaired) electrons. The second kappa shape index (κ2) is 4.30. The topological polar surface area (TPSA) is 64.8 Å². The lowest BCUT2D eigenvalue weighted by Crippen LogP contribution is -2.36. The van der Waals surface area contributed by atoms with E-state index >= 15 is 0 Å². The SMILES string of the molecule is N#Cc1ccnc(N2CCC3CCC(C2)N3)n1. The molecule has 1 N–H and O–H groups in total. The van der Waals surface area contributed by atoms with Gasteiger partial charge in [-0.2, -0.15) is 5.26 Å². The van der Waals surface area contributed by atoms with Crippen molar-refractivity contribution in [3.8, 4) is 6.07 Å². The number of aromatic nitrogens is 2. The molecule has 0 amide bonds. The zero-order valence-corrected chi connectivity index (χ0v) is 9.63. The summed E-state index contributed by atoms with van der Waals surface area (Å²) in [5.74, 6) is 0.693. The fraction of sp³-hybridized carbons (Fsp3) is 0.583. The van der Waals surface area contributed by atoms with Gasteiger partial charge in [0.25, 0.3) is 0 Å². The van der Waals surface area contributed by atoms with Crippen LogP contribution in [0.15, 0.2) is 12.3 Å². The van der Waals surface area contributed by atoms with Crippen LogP contribution in [0.4, 0.5) is 5.95 Å². The summed E-state index contributed by atoms with van der Waals surface area (Å²) in [5.41, 5.74) is 0.442. The van der Waals surface area contributed by atoms with E-state index in [0.29, 0.717) is 23.7 Å². The number of rotatable bonds is 1. The minimum Gasteiger partial charge on any atom is -0.339 e. The van der Waals surface area contributed by atoms with Gasteiger partial charge in [0.15, 0.2) is 0 Å². The first kappa shape index (κ1) is 10.5. The zero-order chi connectivity index (χ0) is 11.7. The number of hydrogen-bond donors (Lipinski definition) is 1. The molecule has 2 unspecified atom stereocenters. The Hall–Kier alpha value is -1.67. The summed E-state index contributed by atoms with van der Waals surface area (Å²) >= 11 is 0. The van der Waals surface area contributed by atoms with E-state index in [1.54, 1.807) is 12.3 Å². The lowest BCUT2D eigenvalue weighted by atomic mass is 10.1. The zero-order valence-electron chi connectivity index (χ0n) is 9.63. The van der Waals surface area contributed by atoms with Gasteiger partial charge in [0.1, 0.15) is 11.8 Å². The van der Waals surface area contributed by atoms with E-state index in [1.807, 2.05) is 0 Å². The van der Waals surface area contributed by atoms with Gasteiger partial charge in [-0.1, -0.05) is 0 Å². The Morgan fingerprint density at radius 2 is 2.24 bits per heavy atom. The van der Waals surface area contributed by atoms with Crippen molar-refractivity contribution >= 4 is 5.95 Å². The molecule has 3 heterocycles. The smallest absolute Gasteiger partial charge is 0.226 e. The Labute approximate surface area is 100 Å². The fourth-order valence-electron chi connectivity index (χ4n) is 2.69. The first-order chi connectivity index (χ1) is 8.35. The molecular formula is C12H15N5. The molecule has 1 aromatic heterocycles. The van der Waals surface area contributed by atoms with Crippen molar-refractivity contribution in [2.75, 3.05) is 18.0 Å². The highest BCUT2D eigenvalue weighted by Gasteiger charge is 2.30. The van der Waals surface area contributed by atoms with Crippen molar-refractivity contribution < 1.29 is 0 Å². The van der Waals surface area contributed by atoms with Crippen LogP contribution in [-0.4, -0.2) is 35.1 Å². The number of fused-ring (bicyclic) bond motifs is 2. The van der Waals surface area contributed by atoms with Crippen LogP contribution >= 0.6 is 0 Å². The van der Waals surface area contributed by atoms with Gasteiger partial charge < -0.3 is 10.2 Å². The van der Waals surface area contributed by atoms with Crippen molar-refractivity contribution in [1.29, 1.82) is 5.26 Å². The quantitative estimate of drug-likeness (QED) is 0.767. The second-order valence-corrected chi connectivity index (χ2v) is 4.73. The number of nitrogens with one attached hydrogen (secondary N) is 1. The van der Waals surface area contributed by atoms with E-state index < -0.39 is 0 Å². The molecule has 5 nitrogen and oxygen atoms in total. The molecule has 5 heteroatoms. The molecule has 0 spiro atoms. The summed E-state index contributed by atoms with van der Waals surface area (Å²) in [6.45, 7) is 1.93. The van der Waals surface area contributed by atoms with Gasteiger partial charge in [0.05, 0.1) is 0 Å². The van der Waals surface area contributed by atoms with Gasteiger partial charge in [-0.3, -0.25) is 0 Å². The minimum absolute atomic E-state index is 0.442. The molecule has 0 aliphatic carbocycles. The van der Waals surface area contributed by atoms with Gasteiger partial charge in [0, 0.05) is 31.4 Å². The maximum Gasteiger partial charge on any atom is 0.226 e. The third-order valence-electron chi connectivity index (χ3n) is 3.56. The molecule has 1 aromatic rings. The molecule has 2 bridgehead atoms. The van der Waals surface area contributed by atoms with E-state index in [2.05, 4.69) is 26.3 Å². The molecule has 2 aliphatic rings. The van der Waals surface area contributed by atoms with Crippen LogP contribution in [-0.2, 0) is 0 Å². The van der Waals surface area contributed by atoms with E-state index in [-0.39, 0.29) is 0 Å². The first-order valence-electron chi connectivity index (χ1n) is 6.09. The van der Waals surface area contributed by atoms with E-state index in [4.69, 9.17) is 5.26 Å². The predicted molar refractivity (Wildman–Crippen MR) is 63.5 cm³/mol. The molecule has 88 valence electrons. The van der Waals surface area contributed by atoms with Gasteiger partial charge in [0.2, 0.25) is 5.95 Å². The van der Waals surface area contributed by atoms with E-state index in [0.717, 1.165) is 19.5 Å². The highest BCUT2D eigenvalue weighted by Crippen LogP contribution is 2.22. The summed E-state index contributed by atoms with van der Waals surface area (Å²) in [4.78, 5) is 10.7. The molecule has 3 rings (SSSR count). The minimum atomic E-state index is 0.442. The molecule has 2 atom stereocenters. The predicted octanol–water partition coefficient (Wildman–Crippen LogP) is 0.679. The van der Waals surface area contributed by atoms with Crippen molar-refractivity contribution in [2.45, 2.75) is 31.3 Å². The monoisotopic (exact) mass is 229 g/mol. The average molecular weight is 229 g/mol. The lowest BCUT2D eigenvalue weighted by Gasteiger charge is -2.23. The van der Waals surface area contributed by atoms with Gasteiger partial charge in [-0.15, -0.1) is 0 Å². The summed E-state index contributed by atoms with van der Waals surface area (Å²) in [7, 11) is 0. The third kappa shape index (κ3) is 2.08. The number of anilines is 1. The maximum atomic E-state index is 8.85. The molecule has 2 saturated heterocycles. The maximum absolute atomic E-state index is 8.85. The van der Waals surface area contributed by atoms with Crippen molar-refractivity contribution in [2.24, 2.45) is 0 Å². The van der Waals surface area contributed by atoms with Crippen LogP contribution in [0, 0.1) is 11.3 Å². The van der Waals surface area contributed by atoms with Crippen LogP contribution in [0.3, 0.4) is 0 Å². The summed E-state index contributed by atoms with van der Waals surface area (Å²) in [5, 5.41) is 12.5. The van der Waals surface area contributed by atoms with Crippen LogP contribution < -0.4 is 10.2 Å². The van der Waals surface area contributed by atoms with Crippen LogP contribution in [0.5, 0.6) is 0 Å². The lowest BCUT2D eigenvalue weighted by molar-refractivity contribution is 0.563. The summed E-state index contributed by atoms with van der Waals surface area (Å²) in [6.07, 6.45) is 5.32. The number of hydrogen-bond acceptors (Lipinski definition) is 5. The van der Waals surface area contributed by atoms with Crippen molar-refractivity contribution in [3.05, 3.63) is 18.0 Å². The molecule has 0 saturated carbocycles. The molecule has 2 aliphatic heterocycles. The largest absolute Gasteiger partial charge is 0.339 e. The number of nitrogens with zero attached hydrogens (tertiary/aromatic N) is 4. The Kier molecular flexibility index (Phi) is 2.65. The highest BCUT2D eigenvalue weighted by atomic mass is 15.3. The molecular weight excluding hydrogens is 214 g/mol. The van der Waals surface area contributed by atoms with E-state index in [1.165, 1.54) is 12.8 Å². The molecule has 2 fully saturated rings. The standard InChI is InChI=1S/C12H15N5/c13-7-10-3-5-14-12(16-10)17-6-4-9-1-2-11(8-17)15-9/h3,5,9,11,15H,1-2,4,6,8H2. The number of nitriles is 1. The molecule has 17 heavy (non-hydrogen) atoms. The highest BCUT2D eigenvalue weighted by molar-refractivity contribution is 5.34. The third-order valence-corrected chi connectivity index (χ3v) is 3.56. The Morgan fingerprint density at radius 1 is 1.35 bits per heavy atom. The summed E-state index contributed by atoms with van der Waals surface area (Å²) < 4.78 is 0. The fourth-order valence-corrected chi connectivity index (χ4v) is 2.69. The summed E-state index contributed by atoms with van der Waals surface area (Å²) in [6, 6.07) is 4.92. The molecule has 0 aromatic carbocycles. The normalized spacial score (nSPS) is 27.6. The van der Waals surface area contributed by atoms with Crippen molar-refractivity contribution in [1.82, 2.24) is 15.3 Å². The van der Waals surface area contributed by atoms with Crippen LogP contribution in [0.25, 0.3) is 0 Å². The van der Waals surface area contributed by atoms with E-state index in [9.17, 15) is 0 Å².